The van der Waals surface area contributed by atoms with Crippen molar-refractivity contribution in [3.05, 3.63) is 60.0 Å². The third-order valence-electron chi connectivity index (χ3n) is 4.04. The zero-order chi connectivity index (χ0) is 20.0. The first kappa shape index (κ1) is 19.9. The fourth-order valence-corrected chi connectivity index (χ4v) is 3.61. The number of pyridine rings is 1. The number of carbonyl (C=O) groups is 1. The van der Waals surface area contributed by atoms with Crippen LogP contribution in [0.5, 0.6) is 0 Å². The van der Waals surface area contributed by atoms with Crippen LogP contribution in [0.4, 0.5) is 0 Å². The molecule has 148 valence electrons. The molecule has 1 amide bonds. The van der Waals surface area contributed by atoms with Gasteiger partial charge in [-0.1, -0.05) is 6.07 Å². The second kappa shape index (κ2) is 8.91. The van der Waals surface area contributed by atoms with Gasteiger partial charge in [0.05, 0.1) is 11.5 Å². The van der Waals surface area contributed by atoms with Gasteiger partial charge in [-0.15, -0.1) is 10.2 Å². The van der Waals surface area contributed by atoms with Crippen LogP contribution in [0.25, 0.3) is 5.65 Å². The molecule has 0 saturated carbocycles. The highest BCUT2D eigenvalue weighted by Gasteiger charge is 2.14. The Labute approximate surface area is 162 Å². The van der Waals surface area contributed by atoms with Crippen LogP contribution in [0.1, 0.15) is 16.2 Å². The molecular formula is C18H21N5O4S. The summed E-state index contributed by atoms with van der Waals surface area (Å²) in [4.78, 5) is 12.4. The van der Waals surface area contributed by atoms with Gasteiger partial charge in [0.1, 0.15) is 5.82 Å². The minimum atomic E-state index is -3.62. The summed E-state index contributed by atoms with van der Waals surface area (Å²) in [5.41, 5.74) is 1.13. The first-order valence-corrected chi connectivity index (χ1v) is 10.1. The highest BCUT2D eigenvalue weighted by molar-refractivity contribution is 7.89. The molecular weight excluding hydrogens is 382 g/mol. The van der Waals surface area contributed by atoms with Crippen molar-refractivity contribution in [3.63, 3.8) is 0 Å². The van der Waals surface area contributed by atoms with Crippen molar-refractivity contribution in [2.45, 2.75) is 11.3 Å². The minimum Gasteiger partial charge on any atom is -0.383 e. The SMILES string of the molecule is COCCNS(=O)(=O)c1ccc(C(=O)NCCc2nnc3ccccn23)cc1. The number of carbonyl (C=O) groups excluding carboxylic acids is 1. The van der Waals surface area contributed by atoms with Gasteiger partial charge >= 0.3 is 0 Å². The molecule has 2 heterocycles. The summed E-state index contributed by atoms with van der Waals surface area (Å²) in [5, 5.41) is 11.0. The Morgan fingerprint density at radius 3 is 2.64 bits per heavy atom. The predicted octanol–water partition coefficient (Wildman–Crippen LogP) is 0.627. The van der Waals surface area contributed by atoms with Crippen LogP contribution >= 0.6 is 0 Å². The molecule has 0 bridgehead atoms. The van der Waals surface area contributed by atoms with Crippen LogP contribution in [0, 0.1) is 0 Å². The number of sulfonamides is 1. The first-order chi connectivity index (χ1) is 13.5. The van der Waals surface area contributed by atoms with Crippen molar-refractivity contribution in [2.75, 3.05) is 26.8 Å². The van der Waals surface area contributed by atoms with E-state index in [-0.39, 0.29) is 24.0 Å². The lowest BCUT2D eigenvalue weighted by molar-refractivity contribution is 0.0954. The molecule has 10 heteroatoms. The van der Waals surface area contributed by atoms with Crippen molar-refractivity contribution in [1.82, 2.24) is 24.6 Å². The van der Waals surface area contributed by atoms with E-state index >= 15 is 0 Å². The molecule has 0 saturated heterocycles. The second-order valence-electron chi connectivity index (χ2n) is 5.97. The minimum absolute atomic E-state index is 0.0927. The maximum absolute atomic E-state index is 12.3. The third kappa shape index (κ3) is 4.71. The zero-order valence-corrected chi connectivity index (χ0v) is 16.1. The summed E-state index contributed by atoms with van der Waals surface area (Å²) in [5.74, 6) is 0.463. The average Bonchev–Trinajstić information content (AvgIpc) is 3.11. The molecule has 0 spiro atoms. The van der Waals surface area contributed by atoms with E-state index in [0.29, 0.717) is 18.5 Å². The molecule has 28 heavy (non-hydrogen) atoms. The second-order valence-corrected chi connectivity index (χ2v) is 7.73. The van der Waals surface area contributed by atoms with Crippen molar-refractivity contribution < 1.29 is 17.9 Å². The molecule has 0 aliphatic carbocycles. The largest absolute Gasteiger partial charge is 0.383 e. The lowest BCUT2D eigenvalue weighted by atomic mass is 10.2. The molecule has 0 aliphatic heterocycles. The number of ether oxygens (including phenoxy) is 1. The molecule has 0 aliphatic rings. The van der Waals surface area contributed by atoms with Gasteiger partial charge in [-0.05, 0) is 36.4 Å². The van der Waals surface area contributed by atoms with Crippen LogP contribution in [-0.2, 0) is 21.2 Å². The normalized spacial score (nSPS) is 11.6. The molecule has 0 atom stereocenters. The van der Waals surface area contributed by atoms with E-state index in [1.165, 1.54) is 31.4 Å². The Kier molecular flexibility index (Phi) is 6.34. The molecule has 0 radical (unpaired) electrons. The number of hydrogen-bond acceptors (Lipinski definition) is 6. The van der Waals surface area contributed by atoms with E-state index in [1.807, 2.05) is 28.8 Å². The van der Waals surface area contributed by atoms with Crippen molar-refractivity contribution in [1.29, 1.82) is 0 Å². The van der Waals surface area contributed by atoms with E-state index in [4.69, 9.17) is 4.74 Å². The van der Waals surface area contributed by atoms with Gasteiger partial charge in [-0.3, -0.25) is 9.20 Å². The molecule has 1 aromatic carbocycles. The number of aromatic nitrogens is 3. The lowest BCUT2D eigenvalue weighted by Crippen LogP contribution is -2.28. The number of fused-ring (bicyclic) bond motifs is 1. The smallest absolute Gasteiger partial charge is 0.251 e. The Hall–Kier alpha value is -2.82. The first-order valence-electron chi connectivity index (χ1n) is 8.67. The van der Waals surface area contributed by atoms with Crippen LogP contribution in [0.3, 0.4) is 0 Å². The summed E-state index contributed by atoms with van der Waals surface area (Å²) in [6, 6.07) is 11.4. The number of amides is 1. The highest BCUT2D eigenvalue weighted by atomic mass is 32.2. The van der Waals surface area contributed by atoms with Crippen LogP contribution in [0.15, 0.2) is 53.6 Å². The van der Waals surface area contributed by atoms with Gasteiger partial charge in [-0.25, -0.2) is 13.1 Å². The van der Waals surface area contributed by atoms with Gasteiger partial charge < -0.3 is 10.1 Å². The number of nitrogens with zero attached hydrogens (tertiary/aromatic N) is 3. The topological polar surface area (TPSA) is 115 Å². The molecule has 9 nitrogen and oxygen atoms in total. The van der Waals surface area contributed by atoms with E-state index in [9.17, 15) is 13.2 Å². The summed E-state index contributed by atoms with van der Waals surface area (Å²) in [6.45, 7) is 0.840. The Bertz CT molecular complexity index is 1050. The molecule has 2 N–H and O–H groups in total. The average molecular weight is 403 g/mol. The summed E-state index contributed by atoms with van der Waals surface area (Å²) in [6.07, 6.45) is 2.39. The maximum Gasteiger partial charge on any atom is 0.251 e. The number of rotatable bonds is 9. The van der Waals surface area contributed by atoms with Crippen LogP contribution < -0.4 is 10.0 Å². The third-order valence-corrected chi connectivity index (χ3v) is 5.52. The van der Waals surface area contributed by atoms with Gasteiger partial charge in [0, 0.05) is 38.4 Å². The summed E-state index contributed by atoms with van der Waals surface area (Å²) in [7, 11) is -2.13. The number of benzene rings is 1. The van der Waals surface area contributed by atoms with E-state index in [1.54, 1.807) is 0 Å². The van der Waals surface area contributed by atoms with Crippen molar-refractivity contribution in [3.8, 4) is 0 Å². The predicted molar refractivity (Wildman–Crippen MR) is 103 cm³/mol. The highest BCUT2D eigenvalue weighted by Crippen LogP contribution is 2.10. The Balaban J connectivity index is 1.56. The van der Waals surface area contributed by atoms with Gasteiger partial charge in [0.2, 0.25) is 10.0 Å². The number of nitrogens with one attached hydrogen (secondary N) is 2. The number of hydrogen-bond donors (Lipinski definition) is 2. The summed E-state index contributed by atoms with van der Waals surface area (Å²) < 4.78 is 33.3. The van der Waals surface area contributed by atoms with Crippen molar-refractivity contribution in [2.24, 2.45) is 0 Å². The molecule has 3 aromatic rings. The van der Waals surface area contributed by atoms with Crippen LogP contribution in [0.2, 0.25) is 0 Å². The van der Waals surface area contributed by atoms with E-state index < -0.39 is 10.0 Å². The van der Waals surface area contributed by atoms with Gasteiger partial charge in [0.25, 0.3) is 5.91 Å². The Morgan fingerprint density at radius 2 is 1.89 bits per heavy atom. The van der Waals surface area contributed by atoms with Gasteiger partial charge in [0.15, 0.2) is 5.65 Å². The van der Waals surface area contributed by atoms with Gasteiger partial charge in [-0.2, -0.15) is 0 Å². The summed E-state index contributed by atoms with van der Waals surface area (Å²) >= 11 is 0. The lowest BCUT2D eigenvalue weighted by Gasteiger charge is -2.08. The molecule has 0 unspecified atom stereocenters. The number of methoxy groups -OCH3 is 1. The van der Waals surface area contributed by atoms with Crippen molar-refractivity contribution >= 4 is 21.6 Å². The van der Waals surface area contributed by atoms with E-state index in [0.717, 1.165) is 11.5 Å². The fourth-order valence-electron chi connectivity index (χ4n) is 2.60. The monoisotopic (exact) mass is 403 g/mol. The molecule has 0 fully saturated rings. The van der Waals surface area contributed by atoms with Crippen LogP contribution in [-0.4, -0.2) is 55.7 Å². The zero-order valence-electron chi connectivity index (χ0n) is 15.3. The molecule has 2 aromatic heterocycles. The maximum atomic E-state index is 12.3. The standard InChI is InChI=1S/C18H21N5O4S/c1-27-13-11-20-28(25,26)15-7-5-14(6-8-15)18(24)19-10-9-17-22-21-16-4-2-3-12-23(16)17/h2-8,12,20H,9-11,13H2,1H3,(H,19,24). The molecule has 3 rings (SSSR count). The quantitative estimate of drug-likeness (QED) is 0.507. The van der Waals surface area contributed by atoms with E-state index in [2.05, 4.69) is 20.2 Å². The fraction of sp³-hybridized carbons (Fsp3) is 0.278. The Morgan fingerprint density at radius 1 is 1.11 bits per heavy atom.